The lowest BCUT2D eigenvalue weighted by atomic mass is 9.84. The second kappa shape index (κ2) is 15.8. The maximum absolute atomic E-state index is 13.2. The Kier molecular flexibility index (Phi) is 12.5. The fourth-order valence-corrected chi connectivity index (χ4v) is 5.72. The number of carbonyl (C=O) groups excluding carboxylic acids is 2. The van der Waals surface area contributed by atoms with Crippen LogP contribution >= 0.6 is 0 Å². The zero-order chi connectivity index (χ0) is 27.3. The number of aliphatic carboxylic acids is 1. The van der Waals surface area contributed by atoms with E-state index >= 15 is 0 Å². The van der Waals surface area contributed by atoms with Gasteiger partial charge in [-0.1, -0.05) is 38.1 Å². The minimum atomic E-state index is -0.983. The molecular weight excluding hydrogens is 480 g/mol. The van der Waals surface area contributed by atoms with Crippen LogP contribution in [0.3, 0.4) is 0 Å². The number of carboxylic acids is 1. The van der Waals surface area contributed by atoms with E-state index in [1.807, 2.05) is 24.3 Å². The molecule has 2 heterocycles. The molecule has 1 unspecified atom stereocenters. The molecule has 212 valence electrons. The first-order valence-electron chi connectivity index (χ1n) is 14.6. The van der Waals surface area contributed by atoms with E-state index in [1.54, 1.807) is 0 Å². The van der Waals surface area contributed by atoms with Crippen molar-refractivity contribution in [2.24, 2.45) is 17.8 Å². The summed E-state index contributed by atoms with van der Waals surface area (Å²) in [6.45, 7) is 8.25. The minimum Gasteiger partial charge on any atom is -0.481 e. The van der Waals surface area contributed by atoms with Crippen LogP contribution in [-0.4, -0.2) is 55.6 Å². The van der Waals surface area contributed by atoms with E-state index in [0.717, 1.165) is 88.7 Å². The molecule has 0 radical (unpaired) electrons. The topological polar surface area (TPSA) is 120 Å². The normalized spacial score (nSPS) is 17.9. The predicted octanol–water partition coefficient (Wildman–Crippen LogP) is 3.73. The Hall–Kier alpha value is -2.45. The van der Waals surface area contributed by atoms with Crippen molar-refractivity contribution in [1.82, 2.24) is 21.3 Å². The highest BCUT2D eigenvalue weighted by atomic mass is 16.4. The molecule has 1 atom stereocenters. The Morgan fingerprint density at radius 3 is 1.84 bits per heavy atom. The quantitative estimate of drug-likeness (QED) is 0.251. The van der Waals surface area contributed by atoms with Gasteiger partial charge in [0.05, 0.1) is 19.0 Å². The minimum absolute atomic E-state index is 0.0564. The highest BCUT2D eigenvalue weighted by Gasteiger charge is 2.25. The zero-order valence-electron chi connectivity index (χ0n) is 23.3. The summed E-state index contributed by atoms with van der Waals surface area (Å²) in [7, 11) is 0. The van der Waals surface area contributed by atoms with Gasteiger partial charge in [0.25, 0.3) is 0 Å². The number of carboxylic acid groups (broad SMARTS) is 1. The number of hydrogen-bond donors (Lipinski definition) is 5. The molecule has 2 saturated heterocycles. The third-order valence-electron chi connectivity index (χ3n) is 8.28. The summed E-state index contributed by atoms with van der Waals surface area (Å²) in [5, 5.41) is 21.9. The molecule has 8 nitrogen and oxygen atoms in total. The van der Waals surface area contributed by atoms with Gasteiger partial charge >= 0.3 is 5.97 Å². The molecule has 2 aliphatic heterocycles. The Morgan fingerprint density at radius 1 is 0.868 bits per heavy atom. The van der Waals surface area contributed by atoms with E-state index in [1.165, 1.54) is 0 Å². The monoisotopic (exact) mass is 528 g/mol. The van der Waals surface area contributed by atoms with Crippen LogP contribution in [0.5, 0.6) is 0 Å². The highest BCUT2D eigenvalue weighted by Crippen LogP contribution is 2.27. The number of rotatable bonds is 14. The van der Waals surface area contributed by atoms with E-state index in [2.05, 4.69) is 35.1 Å². The number of nitrogens with one attached hydrogen (secondary N) is 4. The molecule has 1 aromatic carbocycles. The van der Waals surface area contributed by atoms with E-state index < -0.39 is 12.0 Å². The van der Waals surface area contributed by atoms with Crippen molar-refractivity contribution < 1.29 is 19.5 Å². The lowest BCUT2D eigenvalue weighted by Gasteiger charge is -2.27. The molecule has 8 heteroatoms. The number of carbonyl (C=O) groups is 3. The van der Waals surface area contributed by atoms with Crippen LogP contribution in [-0.2, 0) is 14.4 Å². The van der Waals surface area contributed by atoms with Gasteiger partial charge in [0, 0.05) is 5.92 Å². The van der Waals surface area contributed by atoms with Crippen LogP contribution in [0.4, 0.5) is 0 Å². The first kappa shape index (κ1) is 30.1. The van der Waals surface area contributed by atoms with Crippen molar-refractivity contribution in [2.75, 3.05) is 32.7 Å². The van der Waals surface area contributed by atoms with Crippen LogP contribution in [0.1, 0.15) is 94.7 Å². The Bertz CT molecular complexity index is 855. The highest BCUT2D eigenvalue weighted by molar-refractivity contribution is 5.86. The molecule has 3 rings (SSSR count). The number of amides is 2. The first-order chi connectivity index (χ1) is 18.3. The standard InChI is InChI=1S/C30H48N4O4/c1-21(2)24-7-9-25(10-8-24)27(19-29(36)37)34-28(35)20-33-30(38)26(5-3-22-11-15-31-16-12-22)6-4-23-13-17-32-18-14-23/h7-10,21-23,26-27,31-32H,3-6,11-20H2,1-2H3,(H,33,38)(H,34,35)(H,36,37). The molecular formula is C30H48N4O4. The third-order valence-corrected chi connectivity index (χ3v) is 8.28. The zero-order valence-corrected chi connectivity index (χ0v) is 23.3. The predicted molar refractivity (Wildman–Crippen MR) is 150 cm³/mol. The molecule has 2 fully saturated rings. The van der Waals surface area contributed by atoms with E-state index in [4.69, 9.17) is 0 Å². The van der Waals surface area contributed by atoms with Gasteiger partial charge in [-0.3, -0.25) is 14.4 Å². The van der Waals surface area contributed by atoms with Crippen molar-refractivity contribution in [3.05, 3.63) is 35.4 Å². The number of benzene rings is 1. The first-order valence-corrected chi connectivity index (χ1v) is 14.6. The Balaban J connectivity index is 1.54. The molecule has 0 spiro atoms. The fraction of sp³-hybridized carbons (Fsp3) is 0.700. The third kappa shape index (κ3) is 10.4. The van der Waals surface area contributed by atoms with Gasteiger partial charge in [-0.25, -0.2) is 0 Å². The second-order valence-electron chi connectivity index (χ2n) is 11.5. The van der Waals surface area contributed by atoms with Crippen LogP contribution in [0.2, 0.25) is 0 Å². The smallest absolute Gasteiger partial charge is 0.305 e. The van der Waals surface area contributed by atoms with Gasteiger partial charge in [0.2, 0.25) is 11.8 Å². The largest absolute Gasteiger partial charge is 0.481 e. The summed E-state index contributed by atoms with van der Waals surface area (Å²) in [6.07, 6.45) is 8.23. The molecule has 0 aliphatic carbocycles. The summed E-state index contributed by atoms with van der Waals surface area (Å²) in [6, 6.07) is 7.04. The lowest BCUT2D eigenvalue weighted by Crippen LogP contribution is -2.41. The maximum atomic E-state index is 13.2. The van der Waals surface area contributed by atoms with Crippen LogP contribution in [0.25, 0.3) is 0 Å². The molecule has 0 saturated carbocycles. The van der Waals surface area contributed by atoms with E-state index in [9.17, 15) is 19.5 Å². The second-order valence-corrected chi connectivity index (χ2v) is 11.5. The average Bonchev–Trinajstić information content (AvgIpc) is 2.92. The number of hydrogen-bond acceptors (Lipinski definition) is 5. The maximum Gasteiger partial charge on any atom is 0.305 e. The van der Waals surface area contributed by atoms with Crippen LogP contribution in [0.15, 0.2) is 24.3 Å². The Labute approximate surface area is 228 Å². The van der Waals surface area contributed by atoms with E-state index in [-0.39, 0.29) is 30.7 Å². The van der Waals surface area contributed by atoms with Crippen LogP contribution in [0, 0.1) is 17.8 Å². The van der Waals surface area contributed by atoms with Gasteiger partial charge in [0.15, 0.2) is 0 Å². The van der Waals surface area contributed by atoms with Gasteiger partial charge in [-0.15, -0.1) is 0 Å². The molecule has 0 bridgehead atoms. The summed E-state index contributed by atoms with van der Waals surface area (Å²) in [5.74, 6) is 0.186. The fourth-order valence-electron chi connectivity index (χ4n) is 5.72. The van der Waals surface area contributed by atoms with Gasteiger partial charge < -0.3 is 26.4 Å². The van der Waals surface area contributed by atoms with Gasteiger partial charge in [-0.05, 0) is 106 Å². The Morgan fingerprint density at radius 2 is 1.37 bits per heavy atom. The molecule has 2 aliphatic rings. The average molecular weight is 529 g/mol. The molecule has 0 aromatic heterocycles. The van der Waals surface area contributed by atoms with Gasteiger partial charge in [0.1, 0.15) is 0 Å². The SMILES string of the molecule is CC(C)c1ccc(C(CC(=O)O)NC(=O)CNC(=O)C(CCC2CCNCC2)CCC2CCNCC2)cc1. The van der Waals surface area contributed by atoms with Crippen molar-refractivity contribution in [3.8, 4) is 0 Å². The number of piperidine rings is 2. The summed E-state index contributed by atoms with van der Waals surface area (Å²) in [5.41, 5.74) is 1.90. The van der Waals surface area contributed by atoms with Crippen molar-refractivity contribution >= 4 is 17.8 Å². The molecule has 1 aromatic rings. The van der Waals surface area contributed by atoms with E-state index in [0.29, 0.717) is 17.8 Å². The summed E-state index contributed by atoms with van der Waals surface area (Å²) < 4.78 is 0. The summed E-state index contributed by atoms with van der Waals surface area (Å²) in [4.78, 5) is 37.5. The molecule has 2 amide bonds. The van der Waals surface area contributed by atoms with Crippen molar-refractivity contribution in [3.63, 3.8) is 0 Å². The van der Waals surface area contributed by atoms with Crippen LogP contribution < -0.4 is 21.3 Å². The summed E-state index contributed by atoms with van der Waals surface area (Å²) >= 11 is 0. The molecule has 5 N–H and O–H groups in total. The van der Waals surface area contributed by atoms with Crippen molar-refractivity contribution in [2.45, 2.75) is 83.6 Å². The lowest BCUT2D eigenvalue weighted by molar-refractivity contribution is -0.138. The van der Waals surface area contributed by atoms with Crippen molar-refractivity contribution in [1.29, 1.82) is 0 Å². The molecule has 38 heavy (non-hydrogen) atoms. The van der Waals surface area contributed by atoms with Gasteiger partial charge in [-0.2, -0.15) is 0 Å².